The zero-order valence-corrected chi connectivity index (χ0v) is 15.8. The van der Waals surface area contributed by atoms with E-state index in [0.717, 1.165) is 48.3 Å². The third-order valence-electron chi connectivity index (χ3n) is 4.55. The number of aromatic nitrogens is 3. The molecule has 0 radical (unpaired) electrons. The monoisotopic (exact) mass is 384 g/mol. The van der Waals surface area contributed by atoms with E-state index in [1.165, 1.54) is 6.33 Å². The molecule has 1 aliphatic rings. The summed E-state index contributed by atoms with van der Waals surface area (Å²) in [6, 6.07) is 7.60. The number of fused-ring (bicyclic) bond motifs is 1. The molecule has 7 nitrogen and oxygen atoms in total. The van der Waals surface area contributed by atoms with Gasteiger partial charge in [-0.05, 0) is 50.2 Å². The molecule has 8 heteroatoms. The Balaban J connectivity index is 1.56. The first-order chi connectivity index (χ1) is 13.2. The van der Waals surface area contributed by atoms with Crippen molar-refractivity contribution >= 4 is 39.8 Å². The van der Waals surface area contributed by atoms with E-state index in [-0.39, 0.29) is 6.10 Å². The molecule has 0 amide bonds. The van der Waals surface area contributed by atoms with Gasteiger partial charge in [-0.25, -0.2) is 15.0 Å². The number of nitrogens with zero attached hydrogens (tertiary/aromatic N) is 3. The standard InChI is InChI=1S/C19H21ClN6O/c1-21-18-9-14-16(10-23-18)24-11-25-19(14)26-12-2-3-17(15(20)8-12)27-13-4-6-22-7-5-13/h2-3,8-11,13,22H,4-7H2,1H3,(H,21,23)(H,24,25,26). The van der Waals surface area contributed by atoms with Gasteiger partial charge in [0.05, 0.1) is 16.7 Å². The lowest BCUT2D eigenvalue weighted by molar-refractivity contribution is 0.162. The number of benzene rings is 1. The molecule has 0 bridgehead atoms. The van der Waals surface area contributed by atoms with E-state index in [9.17, 15) is 0 Å². The number of pyridine rings is 1. The number of nitrogens with one attached hydrogen (secondary N) is 3. The number of rotatable bonds is 5. The lowest BCUT2D eigenvalue weighted by Gasteiger charge is -2.24. The van der Waals surface area contributed by atoms with Gasteiger partial charge in [0.15, 0.2) is 0 Å². The van der Waals surface area contributed by atoms with Crippen molar-refractivity contribution in [2.45, 2.75) is 18.9 Å². The Hall–Kier alpha value is -2.64. The maximum absolute atomic E-state index is 6.45. The van der Waals surface area contributed by atoms with E-state index in [2.05, 4.69) is 30.9 Å². The lowest BCUT2D eigenvalue weighted by Crippen LogP contribution is -2.34. The predicted octanol–water partition coefficient (Wildman–Crippen LogP) is 3.59. The van der Waals surface area contributed by atoms with Crippen LogP contribution in [0.5, 0.6) is 5.75 Å². The average molecular weight is 385 g/mol. The molecule has 2 aromatic heterocycles. The quantitative estimate of drug-likeness (QED) is 0.619. The Kier molecular flexibility index (Phi) is 5.22. The molecule has 3 heterocycles. The third kappa shape index (κ3) is 4.04. The van der Waals surface area contributed by atoms with E-state index in [1.807, 2.05) is 31.3 Å². The van der Waals surface area contributed by atoms with Crippen LogP contribution in [-0.2, 0) is 0 Å². The molecule has 27 heavy (non-hydrogen) atoms. The second-order valence-corrected chi connectivity index (χ2v) is 6.80. The fraction of sp³-hybridized carbons (Fsp3) is 0.316. The molecule has 3 aromatic rings. The van der Waals surface area contributed by atoms with Gasteiger partial charge in [0.25, 0.3) is 0 Å². The van der Waals surface area contributed by atoms with E-state index in [4.69, 9.17) is 16.3 Å². The maximum atomic E-state index is 6.45. The summed E-state index contributed by atoms with van der Waals surface area (Å²) in [7, 11) is 1.83. The topological polar surface area (TPSA) is 84.0 Å². The summed E-state index contributed by atoms with van der Waals surface area (Å²) in [4.78, 5) is 12.9. The molecule has 1 aliphatic heterocycles. The second kappa shape index (κ2) is 7.94. The molecule has 0 aliphatic carbocycles. The summed E-state index contributed by atoms with van der Waals surface area (Å²) >= 11 is 6.45. The van der Waals surface area contributed by atoms with Crippen molar-refractivity contribution in [1.29, 1.82) is 0 Å². The molecule has 1 saturated heterocycles. The molecule has 0 saturated carbocycles. The third-order valence-corrected chi connectivity index (χ3v) is 4.85. The average Bonchev–Trinajstić information content (AvgIpc) is 2.71. The minimum absolute atomic E-state index is 0.209. The minimum atomic E-state index is 0.209. The Morgan fingerprint density at radius 1 is 1.15 bits per heavy atom. The van der Waals surface area contributed by atoms with E-state index in [1.54, 1.807) is 6.20 Å². The van der Waals surface area contributed by atoms with E-state index < -0.39 is 0 Å². The highest BCUT2D eigenvalue weighted by Crippen LogP contribution is 2.32. The van der Waals surface area contributed by atoms with Crippen molar-refractivity contribution < 1.29 is 4.74 Å². The molecular formula is C19H21ClN6O. The number of hydrogen-bond acceptors (Lipinski definition) is 7. The van der Waals surface area contributed by atoms with Gasteiger partial charge in [-0.3, -0.25) is 0 Å². The van der Waals surface area contributed by atoms with Crippen molar-refractivity contribution in [3.8, 4) is 5.75 Å². The van der Waals surface area contributed by atoms with Crippen LogP contribution in [0.1, 0.15) is 12.8 Å². The van der Waals surface area contributed by atoms with Crippen LogP contribution in [0.25, 0.3) is 10.9 Å². The van der Waals surface area contributed by atoms with Crippen molar-refractivity contribution in [3.05, 3.63) is 41.8 Å². The fourth-order valence-corrected chi connectivity index (χ4v) is 3.32. The molecule has 0 atom stereocenters. The number of halogens is 1. The van der Waals surface area contributed by atoms with Crippen LogP contribution in [0, 0.1) is 0 Å². The van der Waals surface area contributed by atoms with E-state index >= 15 is 0 Å². The summed E-state index contributed by atoms with van der Waals surface area (Å²) in [5.41, 5.74) is 1.60. The first-order valence-corrected chi connectivity index (χ1v) is 9.33. The largest absolute Gasteiger partial charge is 0.489 e. The van der Waals surface area contributed by atoms with Crippen molar-refractivity contribution in [1.82, 2.24) is 20.3 Å². The van der Waals surface area contributed by atoms with Gasteiger partial charge in [0.2, 0.25) is 0 Å². The maximum Gasteiger partial charge on any atom is 0.141 e. The van der Waals surface area contributed by atoms with Crippen molar-refractivity contribution in [3.63, 3.8) is 0 Å². The predicted molar refractivity (Wildman–Crippen MR) is 108 cm³/mol. The minimum Gasteiger partial charge on any atom is -0.489 e. The normalized spacial score (nSPS) is 14.9. The first-order valence-electron chi connectivity index (χ1n) is 8.95. The number of piperidine rings is 1. The SMILES string of the molecule is CNc1cc2c(Nc3ccc(OC4CCNCC4)c(Cl)c3)ncnc2cn1. The van der Waals surface area contributed by atoms with Gasteiger partial charge in [-0.1, -0.05) is 11.6 Å². The summed E-state index contributed by atoms with van der Waals surface area (Å²) in [5.74, 6) is 2.16. The highest BCUT2D eigenvalue weighted by molar-refractivity contribution is 6.32. The molecule has 0 spiro atoms. The Morgan fingerprint density at radius 3 is 2.78 bits per heavy atom. The number of anilines is 3. The van der Waals surface area contributed by atoms with Gasteiger partial charge in [0, 0.05) is 18.1 Å². The Bertz CT molecular complexity index is 945. The Labute approximate surface area is 162 Å². The fourth-order valence-electron chi connectivity index (χ4n) is 3.10. The van der Waals surface area contributed by atoms with Crippen LogP contribution < -0.4 is 20.7 Å². The summed E-state index contributed by atoms with van der Waals surface area (Å²) in [6.45, 7) is 1.96. The molecule has 1 aromatic carbocycles. The van der Waals surface area contributed by atoms with Gasteiger partial charge < -0.3 is 20.7 Å². The van der Waals surface area contributed by atoms with Crippen LogP contribution in [0.4, 0.5) is 17.3 Å². The van der Waals surface area contributed by atoms with Gasteiger partial charge in [0.1, 0.15) is 29.8 Å². The van der Waals surface area contributed by atoms with Crippen LogP contribution >= 0.6 is 11.6 Å². The molecular weight excluding hydrogens is 364 g/mol. The summed E-state index contributed by atoms with van der Waals surface area (Å²) in [6.07, 6.45) is 5.43. The summed E-state index contributed by atoms with van der Waals surface area (Å²) < 4.78 is 6.05. The molecule has 4 rings (SSSR count). The smallest absolute Gasteiger partial charge is 0.141 e. The summed E-state index contributed by atoms with van der Waals surface area (Å²) in [5, 5.41) is 11.1. The number of ether oxygens (including phenoxy) is 1. The molecule has 0 unspecified atom stereocenters. The zero-order chi connectivity index (χ0) is 18.6. The first kappa shape index (κ1) is 17.8. The number of hydrogen-bond donors (Lipinski definition) is 3. The molecule has 1 fully saturated rings. The van der Waals surface area contributed by atoms with E-state index in [0.29, 0.717) is 16.6 Å². The lowest BCUT2D eigenvalue weighted by atomic mass is 10.1. The zero-order valence-electron chi connectivity index (χ0n) is 15.0. The van der Waals surface area contributed by atoms with Crippen molar-refractivity contribution in [2.75, 3.05) is 30.8 Å². The highest BCUT2D eigenvalue weighted by atomic mass is 35.5. The van der Waals surface area contributed by atoms with Gasteiger partial charge in [-0.15, -0.1) is 0 Å². The van der Waals surface area contributed by atoms with Crippen molar-refractivity contribution in [2.24, 2.45) is 0 Å². The van der Waals surface area contributed by atoms with Gasteiger partial charge in [-0.2, -0.15) is 0 Å². The Morgan fingerprint density at radius 2 is 2.00 bits per heavy atom. The van der Waals surface area contributed by atoms with Crippen LogP contribution in [0.2, 0.25) is 5.02 Å². The van der Waals surface area contributed by atoms with Crippen LogP contribution in [0.15, 0.2) is 36.8 Å². The highest BCUT2D eigenvalue weighted by Gasteiger charge is 2.16. The molecule has 3 N–H and O–H groups in total. The molecule has 140 valence electrons. The van der Waals surface area contributed by atoms with Crippen LogP contribution in [0.3, 0.4) is 0 Å². The van der Waals surface area contributed by atoms with Crippen LogP contribution in [-0.4, -0.2) is 41.2 Å². The second-order valence-electron chi connectivity index (χ2n) is 6.40. The van der Waals surface area contributed by atoms with Gasteiger partial charge >= 0.3 is 0 Å².